The smallest absolute Gasteiger partial charge is 0.270 e. The summed E-state index contributed by atoms with van der Waals surface area (Å²) >= 11 is 0. The second-order valence-electron chi connectivity index (χ2n) is 7.03. The summed E-state index contributed by atoms with van der Waals surface area (Å²) in [5.74, 6) is 1.15. The average Bonchev–Trinajstić information content (AvgIpc) is 3.05. The number of nitro benzene ring substituents is 1. The summed E-state index contributed by atoms with van der Waals surface area (Å²) in [6.45, 7) is 0. The van der Waals surface area contributed by atoms with Gasteiger partial charge in [0.15, 0.2) is 0 Å². The predicted octanol–water partition coefficient (Wildman–Crippen LogP) is 4.55. The number of anilines is 1. The summed E-state index contributed by atoms with van der Waals surface area (Å²) in [6.07, 6.45) is 0. The molecule has 31 heavy (non-hydrogen) atoms. The standard InChI is InChI=1S/C24H20N2O5/c1-25-21-13-8-17(26(28)29)14-20(21)23(24(25)27)22(15-4-9-18(30-2)10-5-15)16-6-11-19(31-3)12-7-16/h4-14H,1-3H3. The number of amides is 1. The van der Waals surface area contributed by atoms with Crippen LogP contribution in [0.1, 0.15) is 16.7 Å². The van der Waals surface area contributed by atoms with Crippen molar-refractivity contribution in [2.24, 2.45) is 0 Å². The number of fused-ring (bicyclic) bond motifs is 1. The number of nitro groups is 1. The lowest BCUT2D eigenvalue weighted by atomic mass is 9.90. The number of ether oxygens (including phenoxy) is 2. The average molecular weight is 416 g/mol. The number of likely N-dealkylation sites (N-methyl/N-ethyl adjacent to an activating group) is 1. The Hall–Kier alpha value is -4.13. The maximum atomic E-state index is 13.3. The second kappa shape index (κ2) is 7.95. The number of hydrogen-bond acceptors (Lipinski definition) is 5. The molecular weight excluding hydrogens is 396 g/mol. The Kier molecular flexibility index (Phi) is 5.17. The van der Waals surface area contributed by atoms with Crippen LogP contribution in [-0.2, 0) is 4.79 Å². The van der Waals surface area contributed by atoms with Crippen molar-refractivity contribution >= 4 is 28.4 Å². The van der Waals surface area contributed by atoms with Gasteiger partial charge >= 0.3 is 0 Å². The Morgan fingerprint density at radius 3 is 1.84 bits per heavy atom. The third-order valence-corrected chi connectivity index (χ3v) is 5.35. The molecule has 156 valence electrons. The third-order valence-electron chi connectivity index (χ3n) is 5.35. The molecule has 7 nitrogen and oxygen atoms in total. The van der Waals surface area contributed by atoms with E-state index < -0.39 is 4.92 Å². The van der Waals surface area contributed by atoms with E-state index in [2.05, 4.69) is 0 Å². The Balaban J connectivity index is 2.03. The molecule has 3 aromatic carbocycles. The molecule has 4 rings (SSSR count). The fourth-order valence-electron chi connectivity index (χ4n) is 3.73. The van der Waals surface area contributed by atoms with E-state index in [-0.39, 0.29) is 11.6 Å². The van der Waals surface area contributed by atoms with Crippen molar-refractivity contribution in [3.63, 3.8) is 0 Å². The minimum atomic E-state index is -0.457. The molecule has 1 heterocycles. The Morgan fingerprint density at radius 2 is 1.39 bits per heavy atom. The summed E-state index contributed by atoms with van der Waals surface area (Å²) in [5, 5.41) is 11.4. The normalized spacial score (nSPS) is 12.5. The van der Waals surface area contributed by atoms with Crippen molar-refractivity contribution in [2.75, 3.05) is 26.2 Å². The molecule has 1 aliphatic rings. The third kappa shape index (κ3) is 3.50. The van der Waals surface area contributed by atoms with Gasteiger partial charge in [0.05, 0.1) is 30.4 Å². The molecule has 0 radical (unpaired) electrons. The van der Waals surface area contributed by atoms with Gasteiger partial charge in [-0.3, -0.25) is 14.9 Å². The molecule has 0 bridgehead atoms. The molecule has 0 N–H and O–H groups in total. The quantitative estimate of drug-likeness (QED) is 0.346. The van der Waals surface area contributed by atoms with Crippen LogP contribution in [0.3, 0.4) is 0 Å². The number of carbonyl (C=O) groups excluding carboxylic acids is 1. The van der Waals surface area contributed by atoms with Crippen LogP contribution in [0.2, 0.25) is 0 Å². The topological polar surface area (TPSA) is 81.9 Å². The van der Waals surface area contributed by atoms with Gasteiger partial charge in [0.1, 0.15) is 11.5 Å². The van der Waals surface area contributed by atoms with Crippen LogP contribution in [0.5, 0.6) is 11.5 Å². The van der Waals surface area contributed by atoms with Gasteiger partial charge in [-0.15, -0.1) is 0 Å². The van der Waals surface area contributed by atoms with Crippen molar-refractivity contribution in [2.45, 2.75) is 0 Å². The first-order valence-electron chi connectivity index (χ1n) is 9.54. The largest absolute Gasteiger partial charge is 0.497 e. The molecule has 0 spiro atoms. The van der Waals surface area contributed by atoms with Gasteiger partial charge in [-0.25, -0.2) is 0 Å². The minimum Gasteiger partial charge on any atom is -0.497 e. The highest BCUT2D eigenvalue weighted by molar-refractivity contribution is 6.38. The summed E-state index contributed by atoms with van der Waals surface area (Å²) in [5.41, 5.74) is 3.78. The van der Waals surface area contributed by atoms with Gasteiger partial charge in [0.25, 0.3) is 11.6 Å². The van der Waals surface area contributed by atoms with Gasteiger partial charge in [0.2, 0.25) is 0 Å². The highest BCUT2D eigenvalue weighted by atomic mass is 16.6. The predicted molar refractivity (Wildman–Crippen MR) is 118 cm³/mol. The number of carbonyl (C=O) groups is 1. The summed E-state index contributed by atoms with van der Waals surface area (Å²) in [6, 6.07) is 19.2. The molecule has 0 saturated heterocycles. The molecular formula is C24H20N2O5. The lowest BCUT2D eigenvalue weighted by Gasteiger charge is -2.14. The molecule has 0 aliphatic carbocycles. The minimum absolute atomic E-state index is 0.0665. The van der Waals surface area contributed by atoms with Crippen LogP contribution < -0.4 is 14.4 Å². The monoisotopic (exact) mass is 416 g/mol. The molecule has 0 fully saturated rings. The lowest BCUT2D eigenvalue weighted by Crippen LogP contribution is -2.20. The van der Waals surface area contributed by atoms with E-state index >= 15 is 0 Å². The van der Waals surface area contributed by atoms with E-state index in [9.17, 15) is 14.9 Å². The van der Waals surface area contributed by atoms with E-state index in [4.69, 9.17) is 9.47 Å². The highest BCUT2D eigenvalue weighted by Gasteiger charge is 2.34. The number of rotatable bonds is 5. The number of nitrogens with zero attached hydrogens (tertiary/aromatic N) is 2. The SMILES string of the molecule is COc1ccc(C(=C2C(=O)N(C)c3ccc([N+](=O)[O-])cc32)c2ccc(OC)cc2)cc1. The maximum absolute atomic E-state index is 13.3. The van der Waals surface area contributed by atoms with E-state index in [0.717, 1.165) is 11.1 Å². The number of hydrogen-bond donors (Lipinski definition) is 0. The van der Waals surface area contributed by atoms with Crippen LogP contribution >= 0.6 is 0 Å². The molecule has 7 heteroatoms. The van der Waals surface area contributed by atoms with Crippen molar-refractivity contribution < 1.29 is 19.2 Å². The first-order chi connectivity index (χ1) is 14.9. The van der Waals surface area contributed by atoms with Gasteiger partial charge in [0, 0.05) is 30.3 Å². The molecule has 1 amide bonds. The molecule has 0 saturated carbocycles. The fourth-order valence-corrected chi connectivity index (χ4v) is 3.73. The van der Waals surface area contributed by atoms with E-state index in [1.165, 1.54) is 17.0 Å². The number of methoxy groups -OCH3 is 2. The molecule has 1 aliphatic heterocycles. The zero-order valence-corrected chi connectivity index (χ0v) is 17.3. The molecule has 0 aromatic heterocycles. The molecule has 0 unspecified atom stereocenters. The highest BCUT2D eigenvalue weighted by Crippen LogP contribution is 2.44. The Morgan fingerprint density at radius 1 is 0.871 bits per heavy atom. The van der Waals surface area contributed by atoms with Crippen LogP contribution in [0.15, 0.2) is 66.7 Å². The van der Waals surface area contributed by atoms with Gasteiger partial charge < -0.3 is 14.4 Å². The second-order valence-corrected chi connectivity index (χ2v) is 7.03. The van der Waals surface area contributed by atoms with Gasteiger partial charge in [-0.05, 0) is 41.5 Å². The fraction of sp³-hybridized carbons (Fsp3) is 0.125. The zero-order valence-electron chi connectivity index (χ0n) is 17.3. The van der Waals surface area contributed by atoms with E-state index in [1.54, 1.807) is 27.3 Å². The first kappa shape index (κ1) is 20.2. The maximum Gasteiger partial charge on any atom is 0.270 e. The van der Waals surface area contributed by atoms with Gasteiger partial charge in [-0.2, -0.15) is 0 Å². The number of benzene rings is 3. The Bertz CT molecular complexity index is 1150. The summed E-state index contributed by atoms with van der Waals surface area (Å²) in [7, 11) is 4.84. The van der Waals surface area contributed by atoms with E-state index in [1.807, 2.05) is 48.5 Å². The zero-order chi connectivity index (χ0) is 22.1. The van der Waals surface area contributed by atoms with Crippen LogP contribution in [0, 0.1) is 10.1 Å². The summed E-state index contributed by atoms with van der Waals surface area (Å²) in [4.78, 5) is 25.8. The van der Waals surface area contributed by atoms with Crippen molar-refractivity contribution in [3.8, 4) is 11.5 Å². The Labute approximate surface area is 179 Å². The van der Waals surface area contributed by atoms with Crippen LogP contribution in [0.25, 0.3) is 11.1 Å². The van der Waals surface area contributed by atoms with E-state index in [0.29, 0.717) is 33.9 Å². The summed E-state index contributed by atoms with van der Waals surface area (Å²) < 4.78 is 10.5. The van der Waals surface area contributed by atoms with Crippen molar-refractivity contribution in [1.29, 1.82) is 0 Å². The van der Waals surface area contributed by atoms with Crippen LogP contribution in [0.4, 0.5) is 11.4 Å². The molecule has 0 atom stereocenters. The van der Waals surface area contributed by atoms with Crippen molar-refractivity contribution in [1.82, 2.24) is 0 Å². The van der Waals surface area contributed by atoms with Crippen molar-refractivity contribution in [3.05, 3.63) is 93.5 Å². The number of non-ortho nitro benzene ring substituents is 1. The van der Waals surface area contributed by atoms with Crippen LogP contribution in [-0.4, -0.2) is 32.1 Å². The molecule has 3 aromatic rings. The van der Waals surface area contributed by atoms with Gasteiger partial charge in [-0.1, -0.05) is 24.3 Å². The lowest BCUT2D eigenvalue weighted by molar-refractivity contribution is -0.384. The first-order valence-corrected chi connectivity index (χ1v) is 9.54.